The largest absolute Gasteiger partial charge is 0.497 e. The fourth-order valence-electron chi connectivity index (χ4n) is 5.09. The number of fused-ring (bicyclic) bond motifs is 1. The highest BCUT2D eigenvalue weighted by atomic mass is 19.1. The normalized spacial score (nSPS) is 20.3. The van der Waals surface area contributed by atoms with E-state index in [0.29, 0.717) is 5.75 Å². The predicted molar refractivity (Wildman–Crippen MR) is 138 cm³/mol. The molecule has 8 heteroatoms. The van der Waals surface area contributed by atoms with Gasteiger partial charge in [-0.05, 0) is 73.0 Å². The summed E-state index contributed by atoms with van der Waals surface area (Å²) in [6.07, 6.45) is 3.66. The van der Waals surface area contributed by atoms with Crippen molar-refractivity contribution >= 4 is 28.4 Å². The van der Waals surface area contributed by atoms with Crippen molar-refractivity contribution in [2.45, 2.75) is 38.3 Å². The van der Waals surface area contributed by atoms with E-state index in [4.69, 9.17) is 4.74 Å². The van der Waals surface area contributed by atoms with Crippen molar-refractivity contribution in [1.29, 1.82) is 0 Å². The number of hydrogen-bond acceptors (Lipinski definition) is 4. The molecule has 6 rings (SSSR count). The molecule has 0 bridgehead atoms. The molecule has 2 fully saturated rings. The average molecular weight is 499 g/mol. The van der Waals surface area contributed by atoms with E-state index < -0.39 is 6.04 Å². The SMILES string of the molecule is COc1cccc(C2[C@@H](NC(=O)C3(C)CC3)CC(=O)N2c2ccc3c(cnn3-c3ccc(F)cc3)c2)c1. The van der Waals surface area contributed by atoms with Crippen molar-refractivity contribution in [3.63, 3.8) is 0 Å². The molecule has 1 saturated heterocycles. The molecule has 1 unspecified atom stereocenters. The highest BCUT2D eigenvalue weighted by Gasteiger charge is 2.49. The smallest absolute Gasteiger partial charge is 0.229 e. The van der Waals surface area contributed by atoms with Crippen LogP contribution in [0.1, 0.15) is 37.8 Å². The summed E-state index contributed by atoms with van der Waals surface area (Å²) in [5.41, 5.74) is 2.85. The van der Waals surface area contributed by atoms with Crippen LogP contribution in [0, 0.1) is 11.2 Å². The molecular weight excluding hydrogens is 471 g/mol. The van der Waals surface area contributed by atoms with Crippen LogP contribution in [-0.2, 0) is 9.59 Å². The van der Waals surface area contributed by atoms with Gasteiger partial charge in [0.05, 0.1) is 36.6 Å². The lowest BCUT2D eigenvalue weighted by Gasteiger charge is -2.30. The van der Waals surface area contributed by atoms with Crippen LogP contribution in [0.4, 0.5) is 10.1 Å². The van der Waals surface area contributed by atoms with Crippen LogP contribution in [0.3, 0.4) is 0 Å². The maximum atomic E-state index is 13.5. The van der Waals surface area contributed by atoms with Gasteiger partial charge < -0.3 is 15.0 Å². The Labute approximate surface area is 213 Å². The first-order chi connectivity index (χ1) is 17.9. The van der Waals surface area contributed by atoms with E-state index in [-0.39, 0.29) is 35.5 Å². The van der Waals surface area contributed by atoms with Gasteiger partial charge in [-0.1, -0.05) is 19.1 Å². The Balaban J connectivity index is 1.39. The van der Waals surface area contributed by atoms with Crippen molar-refractivity contribution in [3.05, 3.63) is 84.3 Å². The maximum Gasteiger partial charge on any atom is 0.229 e. The van der Waals surface area contributed by atoms with E-state index in [1.54, 1.807) is 35.0 Å². The molecule has 188 valence electrons. The van der Waals surface area contributed by atoms with Gasteiger partial charge in [0.2, 0.25) is 11.8 Å². The summed E-state index contributed by atoms with van der Waals surface area (Å²) >= 11 is 0. The van der Waals surface area contributed by atoms with Crippen LogP contribution < -0.4 is 15.0 Å². The van der Waals surface area contributed by atoms with E-state index in [1.807, 2.05) is 49.4 Å². The molecule has 1 aromatic heterocycles. The van der Waals surface area contributed by atoms with Crippen molar-refractivity contribution in [1.82, 2.24) is 15.1 Å². The van der Waals surface area contributed by atoms with Gasteiger partial charge in [0, 0.05) is 22.9 Å². The Morgan fingerprint density at radius 1 is 1.08 bits per heavy atom. The molecule has 2 atom stereocenters. The Hall–Kier alpha value is -4.20. The van der Waals surface area contributed by atoms with Crippen molar-refractivity contribution in [3.8, 4) is 11.4 Å². The zero-order valence-corrected chi connectivity index (χ0v) is 20.6. The molecule has 2 aliphatic rings. The number of hydrogen-bond donors (Lipinski definition) is 1. The summed E-state index contributed by atoms with van der Waals surface area (Å²) < 4.78 is 20.6. The molecule has 3 aromatic carbocycles. The van der Waals surface area contributed by atoms with Gasteiger partial charge in [-0.2, -0.15) is 5.10 Å². The molecule has 1 aliphatic heterocycles. The molecule has 2 heterocycles. The van der Waals surface area contributed by atoms with Crippen molar-refractivity contribution in [2.75, 3.05) is 12.0 Å². The molecule has 4 aromatic rings. The zero-order valence-electron chi connectivity index (χ0n) is 20.6. The molecule has 1 saturated carbocycles. The lowest BCUT2D eigenvalue weighted by Crippen LogP contribution is -2.42. The van der Waals surface area contributed by atoms with Crippen LogP contribution in [0.5, 0.6) is 5.75 Å². The quantitative estimate of drug-likeness (QED) is 0.409. The van der Waals surface area contributed by atoms with Gasteiger partial charge in [-0.15, -0.1) is 0 Å². The zero-order chi connectivity index (χ0) is 25.7. The second kappa shape index (κ2) is 8.73. The third kappa shape index (κ3) is 4.12. The first kappa shape index (κ1) is 23.2. The van der Waals surface area contributed by atoms with Crippen molar-refractivity contribution in [2.24, 2.45) is 5.41 Å². The van der Waals surface area contributed by atoms with E-state index in [1.165, 1.54) is 12.1 Å². The summed E-state index contributed by atoms with van der Waals surface area (Å²) in [5, 5.41) is 8.51. The number of rotatable bonds is 6. The van der Waals surface area contributed by atoms with Crippen LogP contribution in [0.15, 0.2) is 72.9 Å². The topological polar surface area (TPSA) is 76.5 Å². The summed E-state index contributed by atoms with van der Waals surface area (Å²) in [6, 6.07) is 18.7. The molecular formula is C29H27FN4O3. The number of methoxy groups -OCH3 is 1. The second-order valence-corrected chi connectivity index (χ2v) is 10.1. The predicted octanol–water partition coefficient (Wildman–Crippen LogP) is 4.94. The number of ether oxygens (including phenoxy) is 1. The minimum absolute atomic E-state index is 0.00364. The maximum absolute atomic E-state index is 13.5. The van der Waals surface area contributed by atoms with E-state index in [0.717, 1.165) is 40.7 Å². The molecule has 1 aliphatic carbocycles. The van der Waals surface area contributed by atoms with Gasteiger partial charge >= 0.3 is 0 Å². The minimum Gasteiger partial charge on any atom is -0.497 e. The highest BCUT2D eigenvalue weighted by molar-refractivity contribution is 6.00. The first-order valence-electron chi connectivity index (χ1n) is 12.4. The number of carbonyl (C=O) groups is 2. The standard InChI is InChI=1S/C29H27FN4O3/c1-29(12-13-29)28(36)32-24-16-26(35)33(27(24)18-4-3-5-23(15-18)37-2)22-10-11-25-19(14-22)17-31-34(25)21-8-6-20(30)7-9-21/h3-11,14-15,17,24,27H,12-13,16H2,1-2H3,(H,32,36)/t24-,27?/m0/s1. The van der Waals surface area contributed by atoms with Gasteiger partial charge in [0.1, 0.15) is 11.6 Å². The molecule has 0 radical (unpaired) electrons. The van der Waals surface area contributed by atoms with Crippen LogP contribution in [0.25, 0.3) is 16.6 Å². The number of anilines is 1. The summed E-state index contributed by atoms with van der Waals surface area (Å²) in [5.74, 6) is 0.309. The van der Waals surface area contributed by atoms with Gasteiger partial charge in [-0.25, -0.2) is 9.07 Å². The highest BCUT2D eigenvalue weighted by Crippen LogP contribution is 2.46. The molecule has 0 spiro atoms. The first-order valence-corrected chi connectivity index (χ1v) is 12.4. The third-order valence-electron chi connectivity index (χ3n) is 7.52. The number of halogens is 1. The van der Waals surface area contributed by atoms with Gasteiger partial charge in [-0.3, -0.25) is 9.59 Å². The number of aromatic nitrogens is 2. The minimum atomic E-state index is -0.390. The lowest BCUT2D eigenvalue weighted by molar-refractivity contribution is -0.126. The summed E-state index contributed by atoms with van der Waals surface area (Å²) in [7, 11) is 1.61. The number of benzene rings is 3. The second-order valence-electron chi connectivity index (χ2n) is 10.1. The average Bonchev–Trinajstić information content (AvgIpc) is 3.39. The van der Waals surface area contributed by atoms with Crippen LogP contribution in [-0.4, -0.2) is 34.7 Å². The monoisotopic (exact) mass is 498 g/mol. The van der Waals surface area contributed by atoms with E-state index in [2.05, 4.69) is 10.4 Å². The third-order valence-corrected chi connectivity index (χ3v) is 7.52. The van der Waals surface area contributed by atoms with Gasteiger partial charge in [0.25, 0.3) is 0 Å². The Morgan fingerprint density at radius 3 is 2.57 bits per heavy atom. The fourth-order valence-corrected chi connectivity index (χ4v) is 5.09. The van der Waals surface area contributed by atoms with Gasteiger partial charge in [0.15, 0.2) is 0 Å². The molecule has 2 amide bonds. The van der Waals surface area contributed by atoms with E-state index >= 15 is 0 Å². The Morgan fingerprint density at radius 2 is 1.84 bits per heavy atom. The Bertz CT molecular complexity index is 1510. The number of nitrogens with one attached hydrogen (secondary N) is 1. The number of amides is 2. The number of nitrogens with zero attached hydrogens (tertiary/aromatic N) is 3. The molecule has 1 N–H and O–H groups in total. The van der Waals surface area contributed by atoms with Crippen molar-refractivity contribution < 1.29 is 18.7 Å². The molecule has 7 nitrogen and oxygen atoms in total. The summed E-state index contributed by atoms with van der Waals surface area (Å²) in [6.45, 7) is 1.96. The van der Waals surface area contributed by atoms with Crippen LogP contribution >= 0.6 is 0 Å². The fraction of sp³-hybridized carbons (Fsp3) is 0.276. The summed E-state index contributed by atoms with van der Waals surface area (Å²) in [4.78, 5) is 28.2. The molecule has 37 heavy (non-hydrogen) atoms. The van der Waals surface area contributed by atoms with E-state index in [9.17, 15) is 14.0 Å². The van der Waals surface area contributed by atoms with Crippen LogP contribution in [0.2, 0.25) is 0 Å². The Kier molecular flexibility index (Phi) is 5.47. The lowest BCUT2D eigenvalue weighted by atomic mass is 9.98. The number of carbonyl (C=O) groups excluding carboxylic acids is 2.